The van der Waals surface area contributed by atoms with E-state index in [1.807, 2.05) is 4.90 Å². The van der Waals surface area contributed by atoms with Gasteiger partial charge in [0.05, 0.1) is 11.0 Å². The predicted molar refractivity (Wildman–Crippen MR) is 82.4 cm³/mol. The van der Waals surface area contributed by atoms with Crippen LogP contribution < -0.4 is 16.4 Å². The van der Waals surface area contributed by atoms with Crippen molar-refractivity contribution in [2.75, 3.05) is 13.1 Å². The summed E-state index contributed by atoms with van der Waals surface area (Å²) in [6, 6.07) is -0.584. The Kier molecular flexibility index (Phi) is 6.87. The Hall–Kier alpha value is -1.21. The molecule has 0 aromatic heterocycles. The second-order valence-electron chi connectivity index (χ2n) is 5.10. The number of imide groups is 1. The first kappa shape index (κ1) is 16.8. The number of carbonyl (C=O) groups is 2. The Morgan fingerprint density at radius 3 is 2.50 bits per heavy atom. The molecular formula is C13H24N4O2S. The highest BCUT2D eigenvalue weighted by Crippen LogP contribution is 2.25. The number of hydrogen-bond donors (Lipinski definition) is 3. The molecule has 0 saturated heterocycles. The minimum absolute atomic E-state index is 0.312. The highest BCUT2D eigenvalue weighted by atomic mass is 32.1. The third-order valence-electron chi connectivity index (χ3n) is 3.58. The summed E-state index contributed by atoms with van der Waals surface area (Å²) in [7, 11) is 0. The fourth-order valence-electron chi connectivity index (χ4n) is 2.57. The molecule has 1 aliphatic rings. The Morgan fingerprint density at radius 1 is 1.40 bits per heavy atom. The second-order valence-corrected chi connectivity index (χ2v) is 5.63. The number of rotatable bonds is 6. The fourth-order valence-corrected chi connectivity index (χ4v) is 2.72. The van der Waals surface area contributed by atoms with Crippen LogP contribution in [-0.4, -0.2) is 47.0 Å². The maximum Gasteiger partial charge on any atom is 0.321 e. The van der Waals surface area contributed by atoms with Gasteiger partial charge in [0, 0.05) is 19.1 Å². The SMILES string of the molecule is CCNC(=O)NC(=O)C(C)N(CC(N)=S)C1CCCC1. The van der Waals surface area contributed by atoms with E-state index in [0.29, 0.717) is 24.1 Å². The van der Waals surface area contributed by atoms with Gasteiger partial charge in [0.15, 0.2) is 0 Å². The fraction of sp³-hybridized carbons (Fsp3) is 0.769. The van der Waals surface area contributed by atoms with Crippen molar-refractivity contribution >= 4 is 29.1 Å². The standard InChI is InChI=1S/C13H24N4O2S/c1-3-15-13(19)16-12(18)9(2)17(8-11(14)20)10-6-4-5-7-10/h9-10H,3-8H2,1-2H3,(H2,14,20)(H2,15,16,18,19). The van der Waals surface area contributed by atoms with E-state index in [9.17, 15) is 9.59 Å². The average molecular weight is 300 g/mol. The van der Waals surface area contributed by atoms with E-state index in [0.717, 1.165) is 25.7 Å². The van der Waals surface area contributed by atoms with Gasteiger partial charge in [-0.05, 0) is 26.7 Å². The average Bonchev–Trinajstić information content (AvgIpc) is 2.88. The van der Waals surface area contributed by atoms with Crippen LogP contribution in [-0.2, 0) is 4.79 Å². The number of nitrogens with zero attached hydrogens (tertiary/aromatic N) is 1. The molecule has 1 atom stereocenters. The van der Waals surface area contributed by atoms with E-state index in [4.69, 9.17) is 18.0 Å². The van der Waals surface area contributed by atoms with Crippen LogP contribution in [0.4, 0.5) is 4.79 Å². The number of carbonyl (C=O) groups excluding carboxylic acids is 2. The van der Waals surface area contributed by atoms with Crippen molar-refractivity contribution in [1.29, 1.82) is 0 Å². The zero-order chi connectivity index (χ0) is 15.1. The maximum atomic E-state index is 12.1. The largest absolute Gasteiger partial charge is 0.392 e. The summed E-state index contributed by atoms with van der Waals surface area (Å²) in [5.41, 5.74) is 5.63. The molecule has 0 aromatic carbocycles. The molecule has 0 aliphatic heterocycles. The highest BCUT2D eigenvalue weighted by Gasteiger charge is 2.31. The maximum absolute atomic E-state index is 12.1. The summed E-state index contributed by atoms with van der Waals surface area (Å²) in [5.74, 6) is -0.320. The van der Waals surface area contributed by atoms with Crippen molar-refractivity contribution in [1.82, 2.24) is 15.5 Å². The van der Waals surface area contributed by atoms with Crippen LogP contribution in [0.2, 0.25) is 0 Å². The van der Waals surface area contributed by atoms with E-state index in [2.05, 4.69) is 10.6 Å². The smallest absolute Gasteiger partial charge is 0.321 e. The molecule has 1 fully saturated rings. The van der Waals surface area contributed by atoms with Gasteiger partial charge in [-0.1, -0.05) is 25.1 Å². The van der Waals surface area contributed by atoms with Crippen molar-refractivity contribution in [3.05, 3.63) is 0 Å². The molecule has 0 heterocycles. The topological polar surface area (TPSA) is 87.5 Å². The number of nitrogens with two attached hydrogens (primary N) is 1. The molecule has 0 bridgehead atoms. The summed E-state index contributed by atoms with van der Waals surface area (Å²) in [4.78, 5) is 25.9. The number of hydrogen-bond acceptors (Lipinski definition) is 4. The molecule has 6 nitrogen and oxygen atoms in total. The zero-order valence-corrected chi connectivity index (χ0v) is 13.0. The summed E-state index contributed by atoms with van der Waals surface area (Å²) in [6.07, 6.45) is 4.40. The molecule has 1 aliphatic carbocycles. The van der Waals surface area contributed by atoms with Crippen LogP contribution in [0, 0.1) is 0 Å². The van der Waals surface area contributed by atoms with Gasteiger partial charge in [-0.15, -0.1) is 0 Å². The van der Waals surface area contributed by atoms with Crippen molar-refractivity contribution in [2.24, 2.45) is 5.73 Å². The van der Waals surface area contributed by atoms with Gasteiger partial charge >= 0.3 is 6.03 Å². The van der Waals surface area contributed by atoms with Crippen molar-refractivity contribution in [2.45, 2.75) is 51.6 Å². The minimum Gasteiger partial charge on any atom is -0.392 e. The van der Waals surface area contributed by atoms with Crippen LogP contribution in [0.25, 0.3) is 0 Å². The molecule has 0 radical (unpaired) electrons. The van der Waals surface area contributed by atoms with Crippen LogP contribution >= 0.6 is 12.2 Å². The van der Waals surface area contributed by atoms with Gasteiger partial charge < -0.3 is 11.1 Å². The molecule has 114 valence electrons. The molecule has 1 saturated carbocycles. The lowest BCUT2D eigenvalue weighted by Gasteiger charge is -2.33. The lowest BCUT2D eigenvalue weighted by atomic mass is 10.1. The van der Waals surface area contributed by atoms with Crippen molar-refractivity contribution in [3.63, 3.8) is 0 Å². The monoisotopic (exact) mass is 300 g/mol. The van der Waals surface area contributed by atoms with Crippen LogP contribution in [0.5, 0.6) is 0 Å². The molecule has 1 unspecified atom stereocenters. The van der Waals surface area contributed by atoms with Gasteiger partial charge in [0.2, 0.25) is 5.91 Å². The molecule has 0 aromatic rings. The molecule has 7 heteroatoms. The first-order chi connectivity index (χ1) is 9.45. The molecule has 0 spiro atoms. The molecule has 4 N–H and O–H groups in total. The Morgan fingerprint density at radius 2 is 2.00 bits per heavy atom. The number of urea groups is 1. The van der Waals surface area contributed by atoms with Gasteiger partial charge in [0.25, 0.3) is 0 Å². The van der Waals surface area contributed by atoms with E-state index >= 15 is 0 Å². The predicted octanol–water partition coefficient (Wildman–Crippen LogP) is 0.751. The first-order valence-electron chi connectivity index (χ1n) is 7.08. The zero-order valence-electron chi connectivity index (χ0n) is 12.1. The summed E-state index contributed by atoms with van der Waals surface area (Å²) in [6.45, 7) is 4.47. The molecule has 20 heavy (non-hydrogen) atoms. The van der Waals surface area contributed by atoms with Crippen molar-refractivity contribution < 1.29 is 9.59 Å². The number of amides is 3. The Bertz CT molecular complexity index is 369. The van der Waals surface area contributed by atoms with E-state index in [1.165, 1.54) is 0 Å². The first-order valence-corrected chi connectivity index (χ1v) is 7.49. The third kappa shape index (κ3) is 5.05. The highest BCUT2D eigenvalue weighted by molar-refractivity contribution is 7.80. The van der Waals surface area contributed by atoms with Gasteiger partial charge in [0.1, 0.15) is 0 Å². The lowest BCUT2D eigenvalue weighted by molar-refractivity contribution is -0.125. The van der Waals surface area contributed by atoms with Crippen molar-refractivity contribution in [3.8, 4) is 0 Å². The summed E-state index contributed by atoms with van der Waals surface area (Å²) < 4.78 is 0. The summed E-state index contributed by atoms with van der Waals surface area (Å²) >= 11 is 4.97. The normalized spacial score (nSPS) is 16.9. The summed E-state index contributed by atoms with van der Waals surface area (Å²) in [5, 5.41) is 4.88. The van der Waals surface area contributed by atoms with Gasteiger partial charge in [-0.3, -0.25) is 15.0 Å². The number of thiocarbonyl (C=S) groups is 1. The third-order valence-corrected chi connectivity index (χ3v) is 3.71. The minimum atomic E-state index is -0.467. The van der Waals surface area contributed by atoms with Crippen LogP contribution in [0.15, 0.2) is 0 Å². The second kappa shape index (κ2) is 8.16. The van der Waals surface area contributed by atoms with E-state index in [1.54, 1.807) is 13.8 Å². The quantitative estimate of drug-likeness (QED) is 0.630. The molecule has 1 rings (SSSR count). The molecule has 3 amide bonds. The van der Waals surface area contributed by atoms with Gasteiger partial charge in [-0.2, -0.15) is 0 Å². The Labute approximate surface area is 125 Å². The van der Waals surface area contributed by atoms with E-state index < -0.39 is 12.1 Å². The molecular weight excluding hydrogens is 276 g/mol. The Balaban J connectivity index is 2.65. The van der Waals surface area contributed by atoms with E-state index in [-0.39, 0.29) is 5.91 Å². The lowest BCUT2D eigenvalue weighted by Crippen LogP contribution is -2.53. The van der Waals surface area contributed by atoms with Gasteiger partial charge in [-0.25, -0.2) is 4.79 Å². The number of nitrogens with one attached hydrogen (secondary N) is 2. The van der Waals surface area contributed by atoms with Crippen LogP contribution in [0.3, 0.4) is 0 Å². The van der Waals surface area contributed by atoms with Crippen LogP contribution in [0.1, 0.15) is 39.5 Å².